The molecule has 0 saturated heterocycles. The molecule has 0 unspecified atom stereocenters. The topological polar surface area (TPSA) is 55.4 Å². The van der Waals surface area contributed by atoms with Crippen LogP contribution in [-0.2, 0) is 9.53 Å². The second-order valence-corrected chi connectivity index (χ2v) is 5.58. The SMILES string of the molecule is Cc1cc(Cl)ccc1NC(=O)COC(=O)c1cc(Cl)ccc1F. The number of halogens is 3. The van der Waals surface area contributed by atoms with Gasteiger partial charge in [0.15, 0.2) is 6.61 Å². The van der Waals surface area contributed by atoms with Crippen molar-refractivity contribution in [2.45, 2.75) is 6.92 Å². The number of hydrogen-bond acceptors (Lipinski definition) is 3. The number of aryl methyl sites for hydroxylation is 1. The highest BCUT2D eigenvalue weighted by atomic mass is 35.5. The predicted molar refractivity (Wildman–Crippen MR) is 86.5 cm³/mol. The molecule has 0 fully saturated rings. The zero-order valence-electron chi connectivity index (χ0n) is 12.0. The van der Waals surface area contributed by atoms with E-state index in [4.69, 9.17) is 27.9 Å². The summed E-state index contributed by atoms with van der Waals surface area (Å²) in [6.45, 7) is 1.22. The molecule has 1 amide bonds. The Bertz CT molecular complexity index is 765. The van der Waals surface area contributed by atoms with E-state index in [0.717, 1.165) is 17.7 Å². The maximum atomic E-state index is 13.5. The van der Waals surface area contributed by atoms with Crippen molar-refractivity contribution in [2.75, 3.05) is 11.9 Å². The molecule has 0 radical (unpaired) electrons. The zero-order chi connectivity index (χ0) is 17.0. The molecule has 0 aliphatic rings. The molecule has 2 aromatic carbocycles. The van der Waals surface area contributed by atoms with E-state index in [2.05, 4.69) is 5.32 Å². The fraction of sp³-hybridized carbons (Fsp3) is 0.125. The number of carbonyl (C=O) groups excluding carboxylic acids is 2. The van der Waals surface area contributed by atoms with Crippen molar-refractivity contribution < 1.29 is 18.7 Å². The molecule has 0 aliphatic carbocycles. The number of benzene rings is 2. The van der Waals surface area contributed by atoms with Gasteiger partial charge in [0.2, 0.25) is 0 Å². The van der Waals surface area contributed by atoms with Crippen LogP contribution in [0.3, 0.4) is 0 Å². The van der Waals surface area contributed by atoms with Crippen molar-refractivity contribution in [1.29, 1.82) is 0 Å². The molecule has 0 saturated carbocycles. The third kappa shape index (κ3) is 4.68. The second kappa shape index (κ2) is 7.44. The van der Waals surface area contributed by atoms with Crippen LogP contribution in [0.25, 0.3) is 0 Å². The van der Waals surface area contributed by atoms with Crippen LogP contribution in [0.1, 0.15) is 15.9 Å². The number of rotatable bonds is 4. The third-order valence-electron chi connectivity index (χ3n) is 2.95. The van der Waals surface area contributed by atoms with Crippen molar-refractivity contribution in [1.82, 2.24) is 0 Å². The summed E-state index contributed by atoms with van der Waals surface area (Å²) >= 11 is 11.5. The molecule has 0 atom stereocenters. The maximum Gasteiger partial charge on any atom is 0.341 e. The highest BCUT2D eigenvalue weighted by molar-refractivity contribution is 6.31. The molecule has 23 heavy (non-hydrogen) atoms. The molecule has 7 heteroatoms. The first kappa shape index (κ1) is 17.2. The molecule has 0 aliphatic heterocycles. The maximum absolute atomic E-state index is 13.5. The summed E-state index contributed by atoms with van der Waals surface area (Å²) < 4.78 is 18.3. The van der Waals surface area contributed by atoms with Crippen molar-refractivity contribution in [3.63, 3.8) is 0 Å². The highest BCUT2D eigenvalue weighted by Gasteiger charge is 2.15. The lowest BCUT2D eigenvalue weighted by Gasteiger charge is -2.09. The summed E-state index contributed by atoms with van der Waals surface area (Å²) in [5, 5.41) is 3.31. The summed E-state index contributed by atoms with van der Waals surface area (Å²) in [6.07, 6.45) is 0. The van der Waals surface area contributed by atoms with Crippen molar-refractivity contribution in [2.24, 2.45) is 0 Å². The first-order valence-corrected chi connectivity index (χ1v) is 7.30. The van der Waals surface area contributed by atoms with Gasteiger partial charge in [-0.3, -0.25) is 4.79 Å². The summed E-state index contributed by atoms with van der Waals surface area (Å²) in [6, 6.07) is 8.44. The van der Waals surface area contributed by atoms with Crippen molar-refractivity contribution in [3.8, 4) is 0 Å². The van der Waals surface area contributed by atoms with E-state index >= 15 is 0 Å². The van der Waals surface area contributed by atoms with Gasteiger partial charge in [-0.05, 0) is 48.9 Å². The Hall–Kier alpha value is -2.11. The summed E-state index contributed by atoms with van der Waals surface area (Å²) in [5.41, 5.74) is 0.982. The minimum absolute atomic E-state index is 0.194. The molecule has 120 valence electrons. The molecule has 0 bridgehead atoms. The molecular formula is C16H12Cl2FNO3. The van der Waals surface area contributed by atoms with Crippen LogP contribution < -0.4 is 5.32 Å². The number of anilines is 1. The second-order valence-electron chi connectivity index (χ2n) is 4.71. The fourth-order valence-corrected chi connectivity index (χ4v) is 2.22. The molecule has 1 N–H and O–H groups in total. The molecule has 0 heterocycles. The van der Waals surface area contributed by atoms with E-state index in [-0.39, 0.29) is 10.6 Å². The Morgan fingerprint density at radius 2 is 1.78 bits per heavy atom. The van der Waals surface area contributed by atoms with Crippen LogP contribution >= 0.6 is 23.2 Å². The first-order chi connectivity index (χ1) is 10.9. The Morgan fingerprint density at radius 3 is 2.48 bits per heavy atom. The fourth-order valence-electron chi connectivity index (χ4n) is 1.82. The molecule has 4 nitrogen and oxygen atoms in total. The minimum atomic E-state index is -0.965. The van der Waals surface area contributed by atoms with E-state index in [1.54, 1.807) is 25.1 Å². The Morgan fingerprint density at radius 1 is 1.13 bits per heavy atom. The lowest BCUT2D eigenvalue weighted by Crippen LogP contribution is -2.21. The number of esters is 1. The summed E-state index contributed by atoms with van der Waals surface area (Å²) in [7, 11) is 0. The van der Waals surface area contributed by atoms with Crippen LogP contribution in [0.5, 0.6) is 0 Å². The average molecular weight is 356 g/mol. The predicted octanol–water partition coefficient (Wildman–Crippen LogP) is 4.24. The number of hydrogen-bond donors (Lipinski definition) is 1. The van der Waals surface area contributed by atoms with Crippen molar-refractivity contribution >= 4 is 40.8 Å². The number of amides is 1. The van der Waals surface area contributed by atoms with E-state index < -0.39 is 24.3 Å². The Labute approximate surface area is 142 Å². The minimum Gasteiger partial charge on any atom is -0.452 e. The van der Waals surface area contributed by atoms with Crippen LogP contribution in [0, 0.1) is 12.7 Å². The normalized spacial score (nSPS) is 10.3. The Kier molecular flexibility index (Phi) is 5.58. The number of ether oxygens (including phenoxy) is 1. The smallest absolute Gasteiger partial charge is 0.341 e. The van der Waals surface area contributed by atoms with E-state index in [1.807, 2.05) is 0 Å². The number of carbonyl (C=O) groups is 2. The zero-order valence-corrected chi connectivity index (χ0v) is 13.5. The van der Waals surface area contributed by atoms with Gasteiger partial charge in [-0.2, -0.15) is 0 Å². The lowest BCUT2D eigenvalue weighted by atomic mass is 10.2. The van der Waals surface area contributed by atoms with Gasteiger partial charge in [-0.25, -0.2) is 9.18 Å². The van der Waals surface area contributed by atoms with Gasteiger partial charge >= 0.3 is 5.97 Å². The Balaban J connectivity index is 1.96. The van der Waals surface area contributed by atoms with Crippen LogP contribution in [-0.4, -0.2) is 18.5 Å². The van der Waals surface area contributed by atoms with Gasteiger partial charge < -0.3 is 10.1 Å². The first-order valence-electron chi connectivity index (χ1n) is 6.55. The third-order valence-corrected chi connectivity index (χ3v) is 3.42. The standard InChI is InChI=1S/C16H12Cl2FNO3/c1-9-6-10(17)3-5-14(9)20-15(21)8-23-16(22)12-7-11(18)2-4-13(12)19/h2-7H,8H2,1H3,(H,20,21). The highest BCUT2D eigenvalue weighted by Crippen LogP contribution is 2.19. The van der Waals surface area contributed by atoms with Gasteiger partial charge in [-0.1, -0.05) is 23.2 Å². The van der Waals surface area contributed by atoms with Gasteiger partial charge in [-0.15, -0.1) is 0 Å². The van der Waals surface area contributed by atoms with Crippen LogP contribution in [0.4, 0.5) is 10.1 Å². The average Bonchev–Trinajstić information content (AvgIpc) is 2.50. The van der Waals surface area contributed by atoms with E-state index in [1.165, 1.54) is 6.07 Å². The van der Waals surface area contributed by atoms with Gasteiger partial charge in [0.05, 0.1) is 5.56 Å². The molecular weight excluding hydrogens is 344 g/mol. The molecule has 0 spiro atoms. The van der Waals surface area contributed by atoms with Gasteiger partial charge in [0.1, 0.15) is 5.82 Å². The van der Waals surface area contributed by atoms with E-state index in [9.17, 15) is 14.0 Å². The molecule has 2 rings (SSSR count). The lowest BCUT2D eigenvalue weighted by molar-refractivity contribution is -0.119. The number of nitrogens with one attached hydrogen (secondary N) is 1. The molecule has 2 aromatic rings. The summed E-state index contributed by atoms with van der Waals surface area (Å²) in [5.74, 6) is -2.28. The van der Waals surface area contributed by atoms with E-state index in [0.29, 0.717) is 10.7 Å². The molecule has 0 aromatic heterocycles. The monoisotopic (exact) mass is 355 g/mol. The van der Waals surface area contributed by atoms with Gasteiger partial charge in [0, 0.05) is 15.7 Å². The summed E-state index contributed by atoms with van der Waals surface area (Å²) in [4.78, 5) is 23.6. The van der Waals surface area contributed by atoms with Crippen molar-refractivity contribution in [3.05, 3.63) is 63.4 Å². The quantitative estimate of drug-likeness (QED) is 0.834. The largest absolute Gasteiger partial charge is 0.452 e. The van der Waals surface area contributed by atoms with Crippen LogP contribution in [0.2, 0.25) is 10.0 Å². The van der Waals surface area contributed by atoms with Gasteiger partial charge in [0.25, 0.3) is 5.91 Å². The van der Waals surface area contributed by atoms with Crippen LogP contribution in [0.15, 0.2) is 36.4 Å².